The van der Waals surface area contributed by atoms with Crippen LogP contribution in [0.1, 0.15) is 39.9 Å². The van der Waals surface area contributed by atoms with Crippen molar-refractivity contribution < 1.29 is 14.0 Å². The lowest BCUT2D eigenvalue weighted by Crippen LogP contribution is -2.39. The van der Waals surface area contributed by atoms with Gasteiger partial charge in [0, 0.05) is 25.1 Å². The van der Waals surface area contributed by atoms with Crippen molar-refractivity contribution in [3.05, 3.63) is 64.5 Å². The van der Waals surface area contributed by atoms with E-state index in [-0.39, 0.29) is 17.6 Å². The Bertz CT molecular complexity index is 861. The zero-order valence-corrected chi connectivity index (χ0v) is 14.6. The number of carbonyl (C=O) groups is 2. The first-order valence-corrected chi connectivity index (χ1v) is 9.11. The van der Waals surface area contributed by atoms with E-state index in [0.29, 0.717) is 36.9 Å². The van der Waals surface area contributed by atoms with E-state index in [4.69, 9.17) is 0 Å². The molecule has 2 aliphatic rings. The van der Waals surface area contributed by atoms with Crippen LogP contribution >= 0.6 is 0 Å². The monoisotopic (exact) mass is 352 g/mol. The van der Waals surface area contributed by atoms with Gasteiger partial charge in [-0.15, -0.1) is 0 Å². The second-order valence-corrected chi connectivity index (χ2v) is 6.89. The molecule has 134 valence electrons. The zero-order chi connectivity index (χ0) is 18.1. The van der Waals surface area contributed by atoms with Gasteiger partial charge in [0.25, 0.3) is 5.91 Å². The molecular weight excluding hydrogens is 331 g/mol. The van der Waals surface area contributed by atoms with Crippen molar-refractivity contribution in [1.82, 2.24) is 5.32 Å². The van der Waals surface area contributed by atoms with E-state index in [1.165, 1.54) is 6.07 Å². The van der Waals surface area contributed by atoms with Gasteiger partial charge in [-0.1, -0.05) is 18.2 Å². The summed E-state index contributed by atoms with van der Waals surface area (Å²) in [5.41, 5.74) is 4.42. The van der Waals surface area contributed by atoms with E-state index in [9.17, 15) is 14.0 Å². The zero-order valence-electron chi connectivity index (χ0n) is 14.6. The number of carbonyl (C=O) groups excluding carboxylic acids is 2. The fourth-order valence-corrected chi connectivity index (χ4v) is 3.90. The molecule has 0 bridgehead atoms. The van der Waals surface area contributed by atoms with E-state index in [0.717, 1.165) is 36.2 Å². The van der Waals surface area contributed by atoms with E-state index in [1.54, 1.807) is 18.2 Å². The fraction of sp³-hybridized carbons (Fsp3) is 0.333. The summed E-state index contributed by atoms with van der Waals surface area (Å²) >= 11 is 0. The Balaban J connectivity index is 1.49. The van der Waals surface area contributed by atoms with Gasteiger partial charge in [-0.25, -0.2) is 4.39 Å². The topological polar surface area (TPSA) is 49.4 Å². The van der Waals surface area contributed by atoms with Gasteiger partial charge in [-0.3, -0.25) is 9.59 Å². The average molecular weight is 352 g/mol. The highest BCUT2D eigenvalue weighted by molar-refractivity contribution is 6.00. The van der Waals surface area contributed by atoms with Crippen molar-refractivity contribution >= 4 is 17.5 Å². The highest BCUT2D eigenvalue weighted by atomic mass is 19.1. The van der Waals surface area contributed by atoms with E-state index in [2.05, 4.69) is 5.32 Å². The standard InChI is InChI=1S/C21H21FN2O2/c22-18-6-2-1-4-14(18)9-10-23-21(26)17-12-15-5-3-11-24-19(25)8-7-16(13-17)20(15)24/h1-2,4,6,12-13H,3,5,7-11H2,(H,23,26). The first-order chi connectivity index (χ1) is 12.6. The summed E-state index contributed by atoms with van der Waals surface area (Å²) in [6, 6.07) is 10.4. The maximum atomic E-state index is 13.7. The minimum atomic E-state index is -0.246. The second-order valence-electron chi connectivity index (χ2n) is 6.89. The number of nitrogens with one attached hydrogen (secondary N) is 1. The van der Waals surface area contributed by atoms with Crippen molar-refractivity contribution in [2.75, 3.05) is 18.0 Å². The number of nitrogens with zero attached hydrogens (tertiary/aromatic N) is 1. The molecule has 0 spiro atoms. The number of rotatable bonds is 4. The smallest absolute Gasteiger partial charge is 0.251 e. The predicted octanol–water partition coefficient (Wildman–Crippen LogP) is 3.02. The van der Waals surface area contributed by atoms with Gasteiger partial charge in [0.1, 0.15) is 5.82 Å². The molecule has 26 heavy (non-hydrogen) atoms. The van der Waals surface area contributed by atoms with Gasteiger partial charge in [0.15, 0.2) is 0 Å². The minimum absolute atomic E-state index is 0.144. The molecule has 0 radical (unpaired) electrons. The van der Waals surface area contributed by atoms with Crippen molar-refractivity contribution in [3.8, 4) is 0 Å². The number of benzene rings is 2. The molecule has 2 amide bonds. The van der Waals surface area contributed by atoms with Crippen molar-refractivity contribution in [3.63, 3.8) is 0 Å². The summed E-state index contributed by atoms with van der Waals surface area (Å²) in [6.45, 7) is 1.16. The van der Waals surface area contributed by atoms with Crippen molar-refractivity contribution in [2.24, 2.45) is 0 Å². The fourth-order valence-electron chi connectivity index (χ4n) is 3.90. The van der Waals surface area contributed by atoms with Crippen LogP contribution in [0.4, 0.5) is 10.1 Å². The van der Waals surface area contributed by atoms with E-state index >= 15 is 0 Å². The van der Waals surface area contributed by atoms with Gasteiger partial charge in [-0.05, 0) is 60.6 Å². The third-order valence-electron chi connectivity index (χ3n) is 5.17. The molecule has 2 aliphatic heterocycles. The summed E-state index contributed by atoms with van der Waals surface area (Å²) in [5, 5.41) is 2.88. The van der Waals surface area contributed by atoms with Crippen molar-refractivity contribution in [2.45, 2.75) is 32.1 Å². The summed E-state index contributed by atoms with van der Waals surface area (Å²) in [5.74, 6) is -0.209. The van der Waals surface area contributed by atoms with Crippen LogP contribution in [0.5, 0.6) is 0 Å². The highest BCUT2D eigenvalue weighted by Gasteiger charge is 2.30. The molecule has 0 unspecified atom stereocenters. The maximum absolute atomic E-state index is 13.7. The van der Waals surface area contributed by atoms with E-state index in [1.807, 2.05) is 17.0 Å². The molecule has 4 rings (SSSR count). The molecule has 0 atom stereocenters. The summed E-state index contributed by atoms with van der Waals surface area (Å²) < 4.78 is 13.7. The van der Waals surface area contributed by atoms with Gasteiger partial charge >= 0.3 is 0 Å². The summed E-state index contributed by atoms with van der Waals surface area (Å²) in [6.07, 6.45) is 3.47. The highest BCUT2D eigenvalue weighted by Crippen LogP contribution is 2.36. The Morgan fingerprint density at radius 2 is 1.88 bits per heavy atom. The normalized spacial score (nSPS) is 15.6. The van der Waals surface area contributed by atoms with Crippen LogP contribution in [0, 0.1) is 5.82 Å². The number of amides is 2. The summed E-state index contributed by atoms with van der Waals surface area (Å²) in [4.78, 5) is 26.5. The Morgan fingerprint density at radius 3 is 2.69 bits per heavy atom. The molecule has 0 aromatic heterocycles. The third kappa shape index (κ3) is 3.09. The molecule has 0 fully saturated rings. The molecular formula is C21H21FN2O2. The number of anilines is 1. The minimum Gasteiger partial charge on any atom is -0.352 e. The quantitative estimate of drug-likeness (QED) is 0.920. The molecule has 2 aromatic rings. The van der Waals surface area contributed by atoms with Crippen LogP contribution in [0.3, 0.4) is 0 Å². The molecule has 2 heterocycles. The lowest BCUT2D eigenvalue weighted by molar-refractivity contribution is -0.119. The van der Waals surface area contributed by atoms with Crippen LogP contribution in [-0.2, 0) is 24.1 Å². The molecule has 2 aromatic carbocycles. The Morgan fingerprint density at radius 1 is 1.12 bits per heavy atom. The molecule has 4 nitrogen and oxygen atoms in total. The number of aryl methyl sites for hydroxylation is 2. The SMILES string of the molecule is O=C(NCCc1ccccc1F)c1cc2c3c(c1)CCC(=O)N3CCC2. The third-order valence-corrected chi connectivity index (χ3v) is 5.17. The van der Waals surface area contributed by atoms with Crippen LogP contribution in [-0.4, -0.2) is 24.9 Å². The number of hydrogen-bond donors (Lipinski definition) is 1. The van der Waals surface area contributed by atoms with Crippen LogP contribution in [0.25, 0.3) is 0 Å². The van der Waals surface area contributed by atoms with Gasteiger partial charge < -0.3 is 10.2 Å². The lowest BCUT2D eigenvalue weighted by Gasteiger charge is -2.35. The largest absolute Gasteiger partial charge is 0.352 e. The molecule has 0 aliphatic carbocycles. The average Bonchev–Trinajstić information content (AvgIpc) is 2.66. The van der Waals surface area contributed by atoms with Crippen molar-refractivity contribution in [1.29, 1.82) is 0 Å². The molecule has 1 N–H and O–H groups in total. The van der Waals surface area contributed by atoms with Crippen LogP contribution in [0.2, 0.25) is 0 Å². The van der Waals surface area contributed by atoms with Crippen LogP contribution in [0.15, 0.2) is 36.4 Å². The van der Waals surface area contributed by atoms with Gasteiger partial charge in [0.05, 0.1) is 5.69 Å². The van der Waals surface area contributed by atoms with E-state index < -0.39 is 0 Å². The maximum Gasteiger partial charge on any atom is 0.251 e. The second kappa shape index (κ2) is 6.90. The molecule has 5 heteroatoms. The first-order valence-electron chi connectivity index (χ1n) is 9.11. The summed E-state index contributed by atoms with van der Waals surface area (Å²) in [7, 11) is 0. The Kier molecular flexibility index (Phi) is 4.45. The van der Waals surface area contributed by atoms with Crippen LogP contribution < -0.4 is 10.2 Å². The van der Waals surface area contributed by atoms with Gasteiger partial charge in [0.2, 0.25) is 5.91 Å². The number of halogens is 1. The number of hydrogen-bond acceptors (Lipinski definition) is 2. The molecule has 0 saturated heterocycles. The lowest BCUT2D eigenvalue weighted by atomic mass is 9.89. The van der Waals surface area contributed by atoms with Gasteiger partial charge in [-0.2, -0.15) is 0 Å². The first kappa shape index (κ1) is 16.8. The Labute approximate surface area is 152 Å². The molecule has 0 saturated carbocycles. The predicted molar refractivity (Wildman–Crippen MR) is 97.9 cm³/mol. The Hall–Kier alpha value is -2.69.